The van der Waals surface area contributed by atoms with Crippen LogP contribution >= 0.6 is 0 Å². The number of aliphatic hydroxyl groups excluding tert-OH is 1. The molecule has 78 valence electrons. The lowest BCUT2D eigenvalue weighted by molar-refractivity contribution is -0.160. The largest absolute Gasteiger partial charge is 0.366 e. The van der Waals surface area contributed by atoms with Crippen molar-refractivity contribution in [3.05, 3.63) is 0 Å². The fraction of sp³-hybridized carbons (Fsp3) is 1.00. The molecule has 0 aromatic rings. The molecule has 0 saturated carbocycles. The molecular weight excluding hydrogens is 168 g/mol. The van der Waals surface area contributed by atoms with Crippen molar-refractivity contribution in [2.75, 3.05) is 0 Å². The van der Waals surface area contributed by atoms with E-state index >= 15 is 0 Å². The fourth-order valence-electron chi connectivity index (χ4n) is 1.23. The van der Waals surface area contributed by atoms with E-state index in [1.165, 1.54) is 0 Å². The van der Waals surface area contributed by atoms with Crippen LogP contribution < -0.4 is 0 Å². The summed E-state index contributed by atoms with van der Waals surface area (Å²) in [5.74, 6) is 0. The summed E-state index contributed by atoms with van der Waals surface area (Å²) >= 11 is 0. The van der Waals surface area contributed by atoms with Crippen LogP contribution in [0.2, 0.25) is 0 Å². The Morgan fingerprint density at radius 3 is 2.15 bits per heavy atom. The van der Waals surface area contributed by atoms with E-state index in [2.05, 4.69) is 0 Å². The third-order valence-corrected chi connectivity index (χ3v) is 2.56. The monoisotopic (exact) mass is 188 g/mol. The molecule has 1 aliphatic rings. The molecule has 0 aromatic carbocycles. The van der Waals surface area contributed by atoms with Crippen LogP contribution in [0.4, 0.5) is 0 Å². The maximum absolute atomic E-state index is 9.63. The number of rotatable bonds is 1. The van der Waals surface area contributed by atoms with Gasteiger partial charge >= 0.3 is 0 Å². The molecule has 0 aromatic heterocycles. The first-order valence-electron chi connectivity index (χ1n) is 4.81. The van der Waals surface area contributed by atoms with Crippen LogP contribution in [0.15, 0.2) is 0 Å². The molecule has 0 spiro atoms. The summed E-state index contributed by atoms with van der Waals surface area (Å²) < 4.78 is 11.1. The molecule has 1 heterocycles. The fourth-order valence-corrected chi connectivity index (χ4v) is 1.23. The summed E-state index contributed by atoms with van der Waals surface area (Å²) in [6.07, 6.45) is -0.366. The highest BCUT2D eigenvalue weighted by molar-refractivity contribution is 4.86. The predicted molar refractivity (Wildman–Crippen MR) is 50.1 cm³/mol. The Morgan fingerprint density at radius 2 is 1.92 bits per heavy atom. The van der Waals surface area contributed by atoms with Gasteiger partial charge in [-0.05, 0) is 13.3 Å². The summed E-state index contributed by atoms with van der Waals surface area (Å²) in [6, 6.07) is 0. The minimum Gasteiger partial charge on any atom is -0.366 e. The Hall–Kier alpha value is -0.120. The number of aliphatic hydroxyl groups is 1. The molecule has 13 heavy (non-hydrogen) atoms. The first-order valence-corrected chi connectivity index (χ1v) is 4.81. The van der Waals surface area contributed by atoms with Crippen LogP contribution in [0, 0.1) is 5.41 Å². The second kappa shape index (κ2) is 3.23. The maximum atomic E-state index is 9.63. The predicted octanol–water partition coefficient (Wildman–Crippen LogP) is 1.89. The van der Waals surface area contributed by atoms with E-state index in [4.69, 9.17) is 9.47 Å². The first-order chi connectivity index (χ1) is 5.79. The van der Waals surface area contributed by atoms with E-state index in [0.29, 0.717) is 0 Å². The van der Waals surface area contributed by atoms with Gasteiger partial charge in [0.2, 0.25) is 0 Å². The standard InChI is InChI=1S/C10H20O3/c1-6-10(5)7(11)12-8(13-10)9(2,3)4/h7-8,11H,6H2,1-5H3. The van der Waals surface area contributed by atoms with Crippen molar-refractivity contribution in [2.45, 2.75) is 59.2 Å². The minimum atomic E-state index is -0.804. The molecule has 1 fully saturated rings. The average Bonchev–Trinajstić information content (AvgIpc) is 2.29. The number of hydrogen-bond acceptors (Lipinski definition) is 3. The summed E-state index contributed by atoms with van der Waals surface area (Å²) in [7, 11) is 0. The van der Waals surface area contributed by atoms with Gasteiger partial charge in [-0.15, -0.1) is 0 Å². The zero-order valence-electron chi connectivity index (χ0n) is 9.13. The lowest BCUT2D eigenvalue weighted by atomic mass is 9.96. The second-order valence-corrected chi connectivity index (χ2v) is 4.97. The zero-order chi connectivity index (χ0) is 10.3. The Labute approximate surface area is 80.0 Å². The van der Waals surface area contributed by atoms with Gasteiger partial charge in [-0.1, -0.05) is 27.7 Å². The Balaban J connectivity index is 2.71. The molecule has 3 unspecified atom stereocenters. The van der Waals surface area contributed by atoms with Gasteiger partial charge in [0.15, 0.2) is 12.6 Å². The van der Waals surface area contributed by atoms with Gasteiger partial charge in [0.25, 0.3) is 0 Å². The average molecular weight is 188 g/mol. The van der Waals surface area contributed by atoms with E-state index in [0.717, 1.165) is 6.42 Å². The van der Waals surface area contributed by atoms with Crippen LogP contribution in [-0.4, -0.2) is 23.3 Å². The Morgan fingerprint density at radius 1 is 1.38 bits per heavy atom. The molecule has 1 rings (SSSR count). The SMILES string of the molecule is CCC1(C)OC(C(C)(C)C)OC1O. The highest BCUT2D eigenvalue weighted by atomic mass is 16.8. The third-order valence-electron chi connectivity index (χ3n) is 2.56. The molecule has 3 atom stereocenters. The van der Waals surface area contributed by atoms with Gasteiger partial charge < -0.3 is 14.6 Å². The van der Waals surface area contributed by atoms with Crippen LogP contribution in [-0.2, 0) is 9.47 Å². The molecule has 0 bridgehead atoms. The van der Waals surface area contributed by atoms with Crippen molar-refractivity contribution in [3.63, 3.8) is 0 Å². The highest BCUT2D eigenvalue weighted by Gasteiger charge is 2.47. The molecular formula is C10H20O3. The van der Waals surface area contributed by atoms with E-state index < -0.39 is 11.9 Å². The maximum Gasteiger partial charge on any atom is 0.186 e. The molecule has 1 aliphatic heterocycles. The Bertz CT molecular complexity index is 185. The van der Waals surface area contributed by atoms with Crippen molar-refractivity contribution in [1.29, 1.82) is 0 Å². The summed E-state index contributed by atoms with van der Waals surface area (Å²) in [6.45, 7) is 9.96. The molecule has 3 heteroatoms. The van der Waals surface area contributed by atoms with Crippen LogP contribution in [0.5, 0.6) is 0 Å². The van der Waals surface area contributed by atoms with Gasteiger partial charge in [-0.25, -0.2) is 0 Å². The first kappa shape index (κ1) is 11.0. The molecule has 1 saturated heterocycles. The van der Waals surface area contributed by atoms with Gasteiger partial charge in [-0.3, -0.25) is 0 Å². The van der Waals surface area contributed by atoms with Gasteiger partial charge in [0, 0.05) is 5.41 Å². The zero-order valence-corrected chi connectivity index (χ0v) is 9.13. The molecule has 0 aliphatic carbocycles. The highest BCUT2D eigenvalue weighted by Crippen LogP contribution is 2.38. The van der Waals surface area contributed by atoms with E-state index in [1.807, 2.05) is 34.6 Å². The van der Waals surface area contributed by atoms with Crippen molar-refractivity contribution in [2.24, 2.45) is 5.41 Å². The lowest BCUT2D eigenvalue weighted by Gasteiger charge is -2.27. The molecule has 0 amide bonds. The summed E-state index contributed by atoms with van der Waals surface area (Å²) in [4.78, 5) is 0. The molecule has 1 N–H and O–H groups in total. The molecule has 3 nitrogen and oxygen atoms in total. The van der Waals surface area contributed by atoms with Crippen LogP contribution in [0.1, 0.15) is 41.0 Å². The second-order valence-electron chi connectivity index (χ2n) is 4.97. The van der Waals surface area contributed by atoms with Crippen molar-refractivity contribution in [1.82, 2.24) is 0 Å². The third kappa shape index (κ3) is 2.03. The smallest absolute Gasteiger partial charge is 0.186 e. The van der Waals surface area contributed by atoms with Crippen LogP contribution in [0.3, 0.4) is 0 Å². The minimum absolute atomic E-state index is 0.0894. The summed E-state index contributed by atoms with van der Waals surface area (Å²) in [5, 5.41) is 9.63. The van der Waals surface area contributed by atoms with Gasteiger partial charge in [0.05, 0.1) is 0 Å². The van der Waals surface area contributed by atoms with Crippen molar-refractivity contribution >= 4 is 0 Å². The van der Waals surface area contributed by atoms with Gasteiger partial charge in [-0.2, -0.15) is 0 Å². The quantitative estimate of drug-likeness (QED) is 0.683. The number of ether oxygens (including phenoxy) is 2. The van der Waals surface area contributed by atoms with E-state index in [-0.39, 0.29) is 11.7 Å². The van der Waals surface area contributed by atoms with Crippen molar-refractivity contribution in [3.8, 4) is 0 Å². The van der Waals surface area contributed by atoms with E-state index in [1.54, 1.807) is 0 Å². The normalized spacial score (nSPS) is 41.1. The van der Waals surface area contributed by atoms with Gasteiger partial charge in [0.1, 0.15) is 5.60 Å². The topological polar surface area (TPSA) is 38.7 Å². The Kier molecular flexibility index (Phi) is 2.72. The summed E-state index contributed by atoms with van der Waals surface area (Å²) in [5.41, 5.74) is -0.633. The van der Waals surface area contributed by atoms with Crippen molar-refractivity contribution < 1.29 is 14.6 Å². The van der Waals surface area contributed by atoms with E-state index in [9.17, 15) is 5.11 Å². The number of hydrogen-bond donors (Lipinski definition) is 1. The molecule has 0 radical (unpaired) electrons. The lowest BCUT2D eigenvalue weighted by Crippen LogP contribution is -2.36. The van der Waals surface area contributed by atoms with Crippen LogP contribution in [0.25, 0.3) is 0 Å².